The van der Waals surface area contributed by atoms with Crippen LogP contribution in [0.3, 0.4) is 0 Å². The minimum Gasteiger partial charge on any atom is -0.352 e. The fourth-order valence-corrected chi connectivity index (χ4v) is 5.94. The van der Waals surface area contributed by atoms with E-state index >= 15 is 0 Å². The van der Waals surface area contributed by atoms with Crippen LogP contribution in [0.1, 0.15) is 52.7 Å². The number of rotatable bonds is 6. The molecular formula is C30H35ClN6O2. The first kappa shape index (κ1) is 25.9. The third-order valence-corrected chi connectivity index (χ3v) is 8.49. The predicted molar refractivity (Wildman–Crippen MR) is 153 cm³/mol. The fourth-order valence-electron chi connectivity index (χ4n) is 5.77. The number of piperidine rings is 1. The Balaban J connectivity index is 1.13. The lowest BCUT2D eigenvalue weighted by Gasteiger charge is -2.31. The molecule has 3 aliphatic rings. The predicted octanol–water partition coefficient (Wildman–Crippen LogP) is 5.02. The Kier molecular flexibility index (Phi) is 7.08. The van der Waals surface area contributed by atoms with Gasteiger partial charge in [-0.2, -0.15) is 5.10 Å². The van der Waals surface area contributed by atoms with Crippen molar-refractivity contribution in [2.45, 2.75) is 45.7 Å². The number of carbonyl (C=O) groups is 2. The maximum absolute atomic E-state index is 13.9. The van der Waals surface area contributed by atoms with E-state index in [9.17, 15) is 9.59 Å². The van der Waals surface area contributed by atoms with E-state index in [0.717, 1.165) is 65.7 Å². The molecule has 6 rings (SSSR count). The molecular weight excluding hydrogens is 512 g/mol. The zero-order valence-electron chi connectivity index (χ0n) is 22.5. The maximum Gasteiger partial charge on any atom is 0.258 e. The first-order chi connectivity index (χ1) is 18.9. The second-order valence-corrected chi connectivity index (χ2v) is 11.6. The van der Waals surface area contributed by atoms with Crippen LogP contribution in [0, 0.1) is 18.8 Å². The van der Waals surface area contributed by atoms with Crippen molar-refractivity contribution >= 4 is 40.6 Å². The Hall–Kier alpha value is -3.36. The van der Waals surface area contributed by atoms with Crippen molar-refractivity contribution in [3.05, 3.63) is 69.9 Å². The molecule has 0 atom stereocenters. The van der Waals surface area contributed by atoms with Gasteiger partial charge in [-0.3, -0.25) is 14.3 Å². The van der Waals surface area contributed by atoms with Gasteiger partial charge in [0.1, 0.15) is 5.82 Å². The van der Waals surface area contributed by atoms with Gasteiger partial charge < -0.3 is 20.4 Å². The van der Waals surface area contributed by atoms with Gasteiger partial charge in [0, 0.05) is 42.2 Å². The van der Waals surface area contributed by atoms with Gasteiger partial charge in [-0.1, -0.05) is 23.7 Å². The highest BCUT2D eigenvalue weighted by atomic mass is 35.5. The Labute approximate surface area is 234 Å². The molecule has 2 fully saturated rings. The van der Waals surface area contributed by atoms with Crippen LogP contribution in [0.5, 0.6) is 0 Å². The van der Waals surface area contributed by atoms with Crippen LogP contribution < -0.4 is 15.5 Å². The zero-order valence-corrected chi connectivity index (χ0v) is 23.3. The van der Waals surface area contributed by atoms with Crippen molar-refractivity contribution in [3.8, 4) is 0 Å². The molecule has 2 aliphatic heterocycles. The van der Waals surface area contributed by atoms with E-state index in [1.165, 1.54) is 19.4 Å². The molecule has 2 amide bonds. The summed E-state index contributed by atoms with van der Waals surface area (Å²) in [7, 11) is 1.87. The fraction of sp³-hybridized carbons (Fsp3) is 0.433. The number of nitrogens with one attached hydrogen (secondary N) is 2. The molecule has 3 heterocycles. The largest absolute Gasteiger partial charge is 0.352 e. The van der Waals surface area contributed by atoms with Crippen LogP contribution in [0.4, 0.5) is 17.2 Å². The summed E-state index contributed by atoms with van der Waals surface area (Å²) in [5.74, 6) is 1.86. The second-order valence-electron chi connectivity index (χ2n) is 11.2. The monoisotopic (exact) mass is 546 g/mol. The van der Waals surface area contributed by atoms with E-state index in [2.05, 4.69) is 20.6 Å². The summed E-state index contributed by atoms with van der Waals surface area (Å²) in [4.78, 5) is 31.0. The molecule has 1 saturated carbocycles. The topological polar surface area (TPSA) is 82.5 Å². The number of nitrogens with zero attached hydrogens (tertiary/aromatic N) is 4. The number of hydrogen-bond acceptors (Lipinski definition) is 5. The van der Waals surface area contributed by atoms with Crippen molar-refractivity contribution in [3.63, 3.8) is 0 Å². The first-order valence-corrected chi connectivity index (χ1v) is 14.2. The van der Waals surface area contributed by atoms with Gasteiger partial charge in [0.2, 0.25) is 5.91 Å². The van der Waals surface area contributed by atoms with Crippen LogP contribution in [-0.2, 0) is 24.9 Å². The van der Waals surface area contributed by atoms with E-state index in [0.29, 0.717) is 23.7 Å². The van der Waals surface area contributed by atoms with E-state index in [-0.39, 0.29) is 17.7 Å². The summed E-state index contributed by atoms with van der Waals surface area (Å²) in [5.41, 5.74) is 4.94. The molecule has 0 radical (unpaired) electrons. The third kappa shape index (κ3) is 5.54. The summed E-state index contributed by atoms with van der Waals surface area (Å²) < 4.78 is 1.76. The molecule has 204 valence electrons. The molecule has 1 aromatic heterocycles. The number of fused-ring (bicyclic) bond motifs is 2. The van der Waals surface area contributed by atoms with Crippen molar-refractivity contribution in [1.29, 1.82) is 0 Å². The first-order valence-electron chi connectivity index (χ1n) is 13.8. The molecule has 0 unspecified atom stereocenters. The van der Waals surface area contributed by atoms with Gasteiger partial charge in [-0.15, -0.1) is 0 Å². The minimum atomic E-state index is -0.0943. The highest BCUT2D eigenvalue weighted by Gasteiger charge is 2.30. The number of hydrogen-bond donors (Lipinski definition) is 2. The summed E-state index contributed by atoms with van der Waals surface area (Å²) >= 11 is 6.29. The number of aryl methyl sites for hydroxylation is 2. The molecule has 3 aromatic rings. The molecule has 1 aliphatic carbocycles. The van der Waals surface area contributed by atoms with E-state index in [1.54, 1.807) is 21.8 Å². The number of benzene rings is 2. The van der Waals surface area contributed by atoms with Gasteiger partial charge in [0.15, 0.2) is 0 Å². The summed E-state index contributed by atoms with van der Waals surface area (Å²) in [6.07, 6.45) is 6.38. The Morgan fingerprint density at radius 2 is 1.90 bits per heavy atom. The van der Waals surface area contributed by atoms with Crippen molar-refractivity contribution in [1.82, 2.24) is 20.0 Å². The molecule has 1 saturated heterocycles. The van der Waals surface area contributed by atoms with E-state index < -0.39 is 0 Å². The van der Waals surface area contributed by atoms with Crippen LogP contribution in [-0.4, -0.2) is 46.1 Å². The summed E-state index contributed by atoms with van der Waals surface area (Å²) in [5, 5.41) is 11.5. The molecule has 2 aromatic carbocycles. The van der Waals surface area contributed by atoms with Gasteiger partial charge in [-0.25, -0.2) is 0 Å². The summed E-state index contributed by atoms with van der Waals surface area (Å²) in [6.45, 7) is 6.04. The van der Waals surface area contributed by atoms with Gasteiger partial charge in [0.05, 0.1) is 24.1 Å². The Bertz CT molecular complexity index is 1410. The SMILES string of the molecule is Cc1cc(CNC(=O)C2CCN(CC3CC3)CC2)ccc1C(=O)N1Cc2cnn(C)c2Nc2cc(Cl)ccc21. The lowest BCUT2D eigenvalue weighted by Crippen LogP contribution is -2.41. The highest BCUT2D eigenvalue weighted by molar-refractivity contribution is 6.31. The van der Waals surface area contributed by atoms with Gasteiger partial charge in [0.25, 0.3) is 5.91 Å². The van der Waals surface area contributed by atoms with E-state index in [1.807, 2.05) is 44.3 Å². The number of amides is 2. The lowest BCUT2D eigenvalue weighted by atomic mass is 9.95. The normalized spacial score (nSPS) is 17.7. The quantitative estimate of drug-likeness (QED) is 0.453. The van der Waals surface area contributed by atoms with Crippen LogP contribution in [0.15, 0.2) is 42.6 Å². The number of halogens is 1. The standard InChI is InChI=1S/C30H35ClN6O2/c1-19-13-21(15-32-29(38)22-9-11-36(12-10-22)17-20-3-4-20)5-7-25(19)30(39)37-18-23-16-33-35(2)28(23)34-26-14-24(31)6-8-27(26)37/h5-8,13-14,16,20,22,34H,3-4,9-12,15,17-18H2,1-2H3,(H,32,38). The molecule has 2 N–H and O–H groups in total. The number of anilines is 3. The lowest BCUT2D eigenvalue weighted by molar-refractivity contribution is -0.126. The van der Waals surface area contributed by atoms with Crippen molar-refractivity contribution < 1.29 is 9.59 Å². The van der Waals surface area contributed by atoms with Crippen LogP contribution >= 0.6 is 11.6 Å². The third-order valence-electron chi connectivity index (χ3n) is 8.25. The molecule has 9 heteroatoms. The zero-order chi connectivity index (χ0) is 27.1. The van der Waals surface area contributed by atoms with E-state index in [4.69, 9.17) is 11.6 Å². The molecule has 0 spiro atoms. The second kappa shape index (κ2) is 10.7. The smallest absolute Gasteiger partial charge is 0.258 e. The average molecular weight is 547 g/mol. The number of aromatic nitrogens is 2. The summed E-state index contributed by atoms with van der Waals surface area (Å²) in [6, 6.07) is 11.3. The number of carbonyl (C=O) groups excluding carboxylic acids is 2. The Morgan fingerprint density at radius 3 is 2.64 bits per heavy atom. The molecule has 0 bridgehead atoms. The molecule has 8 nitrogen and oxygen atoms in total. The minimum absolute atomic E-state index is 0.0879. The van der Waals surface area contributed by atoms with Crippen molar-refractivity contribution in [2.24, 2.45) is 18.9 Å². The van der Waals surface area contributed by atoms with Crippen molar-refractivity contribution in [2.75, 3.05) is 29.9 Å². The van der Waals surface area contributed by atoms with Crippen LogP contribution in [0.25, 0.3) is 0 Å². The van der Waals surface area contributed by atoms with Crippen LogP contribution in [0.2, 0.25) is 5.02 Å². The molecule has 39 heavy (non-hydrogen) atoms. The van der Waals surface area contributed by atoms with Gasteiger partial charge >= 0.3 is 0 Å². The average Bonchev–Trinajstić information content (AvgIpc) is 3.71. The number of likely N-dealkylation sites (tertiary alicyclic amines) is 1. The van der Waals surface area contributed by atoms with Gasteiger partial charge in [-0.05, 0) is 87.0 Å². The Morgan fingerprint density at radius 1 is 1.10 bits per heavy atom. The highest BCUT2D eigenvalue weighted by Crippen LogP contribution is 2.38. The maximum atomic E-state index is 13.9.